The van der Waals surface area contributed by atoms with Gasteiger partial charge in [0.15, 0.2) is 0 Å². The molecule has 1 unspecified atom stereocenters. The van der Waals surface area contributed by atoms with Crippen LogP contribution in [-0.4, -0.2) is 51.4 Å². The number of likely N-dealkylation sites (N-methyl/N-ethyl adjacent to an activating group) is 1. The summed E-state index contributed by atoms with van der Waals surface area (Å²) in [4.78, 5) is 2.27. The van der Waals surface area contributed by atoms with E-state index in [9.17, 15) is 0 Å². The number of nitrogens with two attached hydrogens (primary N) is 1. The van der Waals surface area contributed by atoms with Gasteiger partial charge in [0.05, 0.1) is 31.2 Å². The predicted molar refractivity (Wildman–Crippen MR) is 73.1 cm³/mol. The fourth-order valence-corrected chi connectivity index (χ4v) is 2.04. The molecule has 0 spiro atoms. The van der Waals surface area contributed by atoms with Gasteiger partial charge < -0.3 is 25.4 Å². The predicted octanol–water partition coefficient (Wildman–Crippen LogP) is 1.02. The SMILES string of the molecule is COc1ccc(NCC2CN(C)CCO2)c(N)c1. The molecule has 0 aliphatic carbocycles. The normalized spacial score (nSPS) is 20.7. The van der Waals surface area contributed by atoms with Crippen molar-refractivity contribution < 1.29 is 9.47 Å². The average Bonchev–Trinajstić information content (AvgIpc) is 2.37. The van der Waals surface area contributed by atoms with Crippen LogP contribution in [-0.2, 0) is 4.74 Å². The van der Waals surface area contributed by atoms with Gasteiger partial charge in [-0.05, 0) is 19.2 Å². The van der Waals surface area contributed by atoms with Gasteiger partial charge in [0.2, 0.25) is 0 Å². The van der Waals surface area contributed by atoms with Crippen molar-refractivity contribution in [3.05, 3.63) is 18.2 Å². The molecule has 0 bridgehead atoms. The molecule has 1 aromatic carbocycles. The Kier molecular flexibility index (Phi) is 4.28. The third-order valence-electron chi connectivity index (χ3n) is 3.12. The van der Waals surface area contributed by atoms with E-state index < -0.39 is 0 Å². The summed E-state index contributed by atoms with van der Waals surface area (Å²) in [6.45, 7) is 3.51. The van der Waals surface area contributed by atoms with Gasteiger partial charge in [0.1, 0.15) is 5.75 Å². The van der Waals surface area contributed by atoms with Crippen LogP contribution >= 0.6 is 0 Å². The van der Waals surface area contributed by atoms with E-state index >= 15 is 0 Å². The fourth-order valence-electron chi connectivity index (χ4n) is 2.04. The van der Waals surface area contributed by atoms with Crippen LogP contribution in [0.25, 0.3) is 0 Å². The summed E-state index contributed by atoms with van der Waals surface area (Å²) < 4.78 is 10.8. The molecule has 1 heterocycles. The highest BCUT2D eigenvalue weighted by molar-refractivity contribution is 5.68. The average molecular weight is 251 g/mol. The lowest BCUT2D eigenvalue weighted by molar-refractivity contribution is -0.0117. The van der Waals surface area contributed by atoms with E-state index in [1.807, 2.05) is 18.2 Å². The Labute approximate surface area is 108 Å². The number of anilines is 2. The molecule has 1 atom stereocenters. The Balaban J connectivity index is 1.89. The summed E-state index contributed by atoms with van der Waals surface area (Å²) >= 11 is 0. The summed E-state index contributed by atoms with van der Waals surface area (Å²) in [5, 5.41) is 3.32. The quantitative estimate of drug-likeness (QED) is 0.782. The minimum atomic E-state index is 0.213. The minimum Gasteiger partial charge on any atom is -0.497 e. The maximum Gasteiger partial charge on any atom is 0.121 e. The number of nitrogens with zero attached hydrogens (tertiary/aromatic N) is 1. The standard InChI is InChI=1S/C13H21N3O2/c1-16-5-6-18-11(9-16)8-15-13-4-3-10(17-2)7-12(13)14/h3-4,7,11,15H,5-6,8-9,14H2,1-2H3. The number of rotatable bonds is 4. The van der Waals surface area contributed by atoms with Crippen LogP contribution in [0.15, 0.2) is 18.2 Å². The summed E-state index contributed by atoms with van der Waals surface area (Å²) in [6.07, 6.45) is 0.213. The van der Waals surface area contributed by atoms with E-state index in [-0.39, 0.29) is 6.10 Å². The van der Waals surface area contributed by atoms with Crippen LogP contribution in [0.1, 0.15) is 0 Å². The summed E-state index contributed by atoms with van der Waals surface area (Å²) in [6, 6.07) is 5.64. The number of ether oxygens (including phenoxy) is 2. The Bertz CT molecular complexity index is 398. The lowest BCUT2D eigenvalue weighted by atomic mass is 10.2. The molecule has 1 aliphatic heterocycles. The van der Waals surface area contributed by atoms with Gasteiger partial charge in [-0.1, -0.05) is 0 Å². The summed E-state index contributed by atoms with van der Waals surface area (Å²) in [7, 11) is 3.74. The monoisotopic (exact) mass is 251 g/mol. The molecule has 0 radical (unpaired) electrons. The van der Waals surface area contributed by atoms with Crippen LogP contribution in [0.2, 0.25) is 0 Å². The summed E-state index contributed by atoms with van der Waals surface area (Å²) in [5.41, 5.74) is 7.56. The van der Waals surface area contributed by atoms with Crippen molar-refractivity contribution in [1.82, 2.24) is 4.90 Å². The maximum atomic E-state index is 5.95. The van der Waals surface area contributed by atoms with Crippen LogP contribution in [0.3, 0.4) is 0 Å². The van der Waals surface area contributed by atoms with Gasteiger partial charge in [-0.3, -0.25) is 0 Å². The fraction of sp³-hybridized carbons (Fsp3) is 0.538. The molecule has 0 aromatic heterocycles. The first-order valence-electron chi connectivity index (χ1n) is 6.16. The van der Waals surface area contributed by atoms with Gasteiger partial charge in [-0.25, -0.2) is 0 Å². The van der Waals surface area contributed by atoms with Crippen LogP contribution < -0.4 is 15.8 Å². The molecule has 3 N–H and O–H groups in total. The Morgan fingerprint density at radius 3 is 3.06 bits per heavy atom. The zero-order valence-corrected chi connectivity index (χ0v) is 11.0. The molecular formula is C13H21N3O2. The number of nitrogen functional groups attached to an aromatic ring is 1. The topological polar surface area (TPSA) is 59.8 Å². The Morgan fingerprint density at radius 2 is 2.39 bits per heavy atom. The number of methoxy groups -OCH3 is 1. The number of benzene rings is 1. The van der Waals surface area contributed by atoms with Crippen molar-refractivity contribution in [3.8, 4) is 5.75 Å². The molecule has 5 nitrogen and oxygen atoms in total. The van der Waals surface area contributed by atoms with Crippen molar-refractivity contribution in [1.29, 1.82) is 0 Å². The van der Waals surface area contributed by atoms with Crippen molar-refractivity contribution in [2.75, 3.05) is 51.4 Å². The lowest BCUT2D eigenvalue weighted by Crippen LogP contribution is -2.43. The molecule has 1 aromatic rings. The first kappa shape index (κ1) is 13.0. The number of morpholine rings is 1. The smallest absolute Gasteiger partial charge is 0.121 e. The van der Waals surface area contributed by atoms with E-state index in [1.54, 1.807) is 7.11 Å². The van der Waals surface area contributed by atoms with Crippen LogP contribution in [0.4, 0.5) is 11.4 Å². The largest absolute Gasteiger partial charge is 0.497 e. The first-order valence-corrected chi connectivity index (χ1v) is 6.16. The molecule has 18 heavy (non-hydrogen) atoms. The lowest BCUT2D eigenvalue weighted by Gasteiger charge is -2.30. The second-order valence-electron chi connectivity index (χ2n) is 4.59. The minimum absolute atomic E-state index is 0.213. The molecular weight excluding hydrogens is 230 g/mol. The van der Waals surface area contributed by atoms with Crippen molar-refractivity contribution in [2.45, 2.75) is 6.10 Å². The molecule has 100 valence electrons. The molecule has 1 aliphatic rings. The van der Waals surface area contributed by atoms with Crippen LogP contribution in [0.5, 0.6) is 5.75 Å². The zero-order chi connectivity index (χ0) is 13.0. The first-order chi connectivity index (χ1) is 8.69. The van der Waals surface area contributed by atoms with E-state index in [0.717, 1.165) is 37.7 Å². The second kappa shape index (κ2) is 5.93. The highest BCUT2D eigenvalue weighted by Gasteiger charge is 2.17. The van der Waals surface area contributed by atoms with Crippen molar-refractivity contribution in [2.24, 2.45) is 0 Å². The number of hydrogen-bond acceptors (Lipinski definition) is 5. The van der Waals surface area contributed by atoms with Gasteiger partial charge in [0, 0.05) is 25.7 Å². The van der Waals surface area contributed by atoms with Crippen LogP contribution in [0, 0.1) is 0 Å². The van der Waals surface area contributed by atoms with E-state index in [0.29, 0.717) is 5.69 Å². The highest BCUT2D eigenvalue weighted by atomic mass is 16.5. The second-order valence-corrected chi connectivity index (χ2v) is 4.59. The number of nitrogens with one attached hydrogen (secondary N) is 1. The van der Waals surface area contributed by atoms with Crippen molar-refractivity contribution >= 4 is 11.4 Å². The highest BCUT2D eigenvalue weighted by Crippen LogP contribution is 2.24. The molecule has 1 saturated heterocycles. The molecule has 0 saturated carbocycles. The molecule has 5 heteroatoms. The molecule has 2 rings (SSSR count). The van der Waals surface area contributed by atoms with Gasteiger partial charge in [0.25, 0.3) is 0 Å². The molecule has 1 fully saturated rings. The third-order valence-corrected chi connectivity index (χ3v) is 3.12. The van der Waals surface area contributed by atoms with E-state index in [4.69, 9.17) is 15.2 Å². The van der Waals surface area contributed by atoms with E-state index in [1.165, 1.54) is 0 Å². The Hall–Kier alpha value is -1.46. The van der Waals surface area contributed by atoms with E-state index in [2.05, 4.69) is 17.3 Å². The zero-order valence-electron chi connectivity index (χ0n) is 11.0. The van der Waals surface area contributed by atoms with Gasteiger partial charge >= 0.3 is 0 Å². The maximum absolute atomic E-state index is 5.95. The Morgan fingerprint density at radius 1 is 1.56 bits per heavy atom. The third kappa shape index (κ3) is 3.27. The van der Waals surface area contributed by atoms with Gasteiger partial charge in [-0.2, -0.15) is 0 Å². The van der Waals surface area contributed by atoms with Gasteiger partial charge in [-0.15, -0.1) is 0 Å². The summed E-state index contributed by atoms with van der Waals surface area (Å²) in [5.74, 6) is 0.770. The van der Waals surface area contributed by atoms with Crippen molar-refractivity contribution in [3.63, 3.8) is 0 Å². The molecule has 0 amide bonds. The number of hydrogen-bond donors (Lipinski definition) is 2.